The van der Waals surface area contributed by atoms with Crippen LogP contribution in [0.4, 0.5) is 0 Å². The summed E-state index contributed by atoms with van der Waals surface area (Å²) in [7, 11) is 0. The Kier molecular flexibility index (Phi) is 5.87. The topological polar surface area (TPSA) is 55.6 Å². The molecule has 4 heteroatoms. The van der Waals surface area contributed by atoms with E-state index in [0.29, 0.717) is 25.5 Å². The second-order valence-electron chi connectivity index (χ2n) is 5.24. The molecule has 0 unspecified atom stereocenters. The minimum Gasteiger partial charge on any atom is -0.494 e. The van der Waals surface area contributed by atoms with Gasteiger partial charge in [-0.3, -0.25) is 4.79 Å². The van der Waals surface area contributed by atoms with Gasteiger partial charge in [0.1, 0.15) is 5.75 Å². The van der Waals surface area contributed by atoms with E-state index in [1.807, 2.05) is 29.2 Å². The van der Waals surface area contributed by atoms with Crippen molar-refractivity contribution in [3.8, 4) is 5.75 Å². The summed E-state index contributed by atoms with van der Waals surface area (Å²) in [6, 6.07) is 7.85. The van der Waals surface area contributed by atoms with E-state index in [-0.39, 0.29) is 0 Å². The zero-order valence-corrected chi connectivity index (χ0v) is 12.0. The first-order valence-electron chi connectivity index (χ1n) is 7.49. The average molecular weight is 276 g/mol. The van der Waals surface area contributed by atoms with Crippen LogP contribution in [0.3, 0.4) is 0 Å². The third-order valence-corrected chi connectivity index (χ3v) is 3.65. The predicted molar refractivity (Wildman–Crippen MR) is 79.5 cm³/mol. The lowest BCUT2D eigenvalue weighted by Gasteiger charge is -2.20. The number of amides is 1. The van der Waals surface area contributed by atoms with Crippen LogP contribution >= 0.6 is 0 Å². The lowest BCUT2D eigenvalue weighted by molar-refractivity contribution is -0.130. The summed E-state index contributed by atoms with van der Waals surface area (Å²) in [4.78, 5) is 13.8. The highest BCUT2D eigenvalue weighted by Crippen LogP contribution is 2.14. The molecule has 0 spiro atoms. The molecule has 20 heavy (non-hydrogen) atoms. The normalized spacial score (nSPS) is 16.1. The van der Waals surface area contributed by atoms with Crippen LogP contribution in [-0.4, -0.2) is 30.5 Å². The Morgan fingerprint density at radius 3 is 3.00 bits per heavy atom. The highest BCUT2D eigenvalue weighted by molar-refractivity contribution is 5.76. The van der Waals surface area contributed by atoms with Gasteiger partial charge in [0.2, 0.25) is 5.91 Å². The number of benzene rings is 1. The number of hydrogen-bond acceptors (Lipinski definition) is 3. The molecule has 1 heterocycles. The number of rotatable bonds is 6. The van der Waals surface area contributed by atoms with Crippen molar-refractivity contribution in [1.82, 2.24) is 4.90 Å². The standard InChI is InChI=1S/C16H24N2O2/c17-13-14-6-4-7-15(12-14)20-11-5-10-18-9-3-1-2-8-16(18)19/h4,6-7,12H,1-3,5,8-11,13,17H2. The summed E-state index contributed by atoms with van der Waals surface area (Å²) < 4.78 is 5.71. The van der Waals surface area contributed by atoms with Crippen molar-refractivity contribution in [2.75, 3.05) is 19.7 Å². The molecule has 0 atom stereocenters. The molecule has 2 rings (SSSR count). The van der Waals surface area contributed by atoms with Gasteiger partial charge in [0.05, 0.1) is 6.61 Å². The highest BCUT2D eigenvalue weighted by Gasteiger charge is 2.15. The van der Waals surface area contributed by atoms with Crippen molar-refractivity contribution in [3.05, 3.63) is 29.8 Å². The van der Waals surface area contributed by atoms with Crippen molar-refractivity contribution >= 4 is 5.91 Å². The van der Waals surface area contributed by atoms with Gasteiger partial charge in [-0.25, -0.2) is 0 Å². The van der Waals surface area contributed by atoms with Gasteiger partial charge < -0.3 is 15.4 Å². The molecule has 0 bridgehead atoms. The molecule has 1 aliphatic heterocycles. The lowest BCUT2D eigenvalue weighted by Crippen LogP contribution is -2.31. The van der Waals surface area contributed by atoms with E-state index in [4.69, 9.17) is 10.5 Å². The van der Waals surface area contributed by atoms with Crippen LogP contribution in [0.2, 0.25) is 0 Å². The summed E-state index contributed by atoms with van der Waals surface area (Å²) >= 11 is 0. The molecule has 1 aromatic rings. The van der Waals surface area contributed by atoms with Gasteiger partial charge in [0.25, 0.3) is 0 Å². The monoisotopic (exact) mass is 276 g/mol. The number of carbonyl (C=O) groups is 1. The van der Waals surface area contributed by atoms with E-state index in [1.54, 1.807) is 0 Å². The SMILES string of the molecule is NCc1cccc(OCCCN2CCCCCC2=O)c1. The van der Waals surface area contributed by atoms with Gasteiger partial charge >= 0.3 is 0 Å². The number of ether oxygens (including phenoxy) is 1. The number of likely N-dealkylation sites (tertiary alicyclic amines) is 1. The molecule has 2 N–H and O–H groups in total. The molecule has 1 amide bonds. The number of carbonyl (C=O) groups excluding carboxylic acids is 1. The fraction of sp³-hybridized carbons (Fsp3) is 0.562. The zero-order chi connectivity index (χ0) is 14.2. The largest absolute Gasteiger partial charge is 0.494 e. The van der Waals surface area contributed by atoms with Crippen molar-refractivity contribution in [2.24, 2.45) is 5.73 Å². The molecule has 1 saturated heterocycles. The third kappa shape index (κ3) is 4.53. The van der Waals surface area contributed by atoms with Crippen LogP contribution in [0.25, 0.3) is 0 Å². The minimum absolute atomic E-state index is 0.299. The maximum atomic E-state index is 11.8. The molecule has 0 saturated carbocycles. The second-order valence-corrected chi connectivity index (χ2v) is 5.24. The fourth-order valence-corrected chi connectivity index (χ4v) is 2.48. The van der Waals surface area contributed by atoms with Crippen molar-refractivity contribution in [3.63, 3.8) is 0 Å². The molecule has 1 fully saturated rings. The molecule has 0 radical (unpaired) electrons. The van der Waals surface area contributed by atoms with Crippen LogP contribution in [0.5, 0.6) is 5.75 Å². The van der Waals surface area contributed by atoms with Crippen LogP contribution < -0.4 is 10.5 Å². The summed E-state index contributed by atoms with van der Waals surface area (Å²) in [5.74, 6) is 1.16. The Morgan fingerprint density at radius 2 is 2.15 bits per heavy atom. The first-order valence-corrected chi connectivity index (χ1v) is 7.49. The molecule has 0 aliphatic carbocycles. The Morgan fingerprint density at radius 1 is 1.25 bits per heavy atom. The van der Waals surface area contributed by atoms with E-state index < -0.39 is 0 Å². The van der Waals surface area contributed by atoms with Crippen molar-refractivity contribution in [1.29, 1.82) is 0 Å². The summed E-state index contributed by atoms with van der Waals surface area (Å²) in [5.41, 5.74) is 6.68. The molecular weight excluding hydrogens is 252 g/mol. The third-order valence-electron chi connectivity index (χ3n) is 3.65. The molecule has 110 valence electrons. The molecular formula is C16H24N2O2. The first kappa shape index (κ1) is 14.9. The second kappa shape index (κ2) is 7.90. The Balaban J connectivity index is 1.71. The number of nitrogens with zero attached hydrogens (tertiary/aromatic N) is 1. The Labute approximate surface area is 120 Å². The van der Waals surface area contributed by atoms with E-state index in [2.05, 4.69) is 0 Å². The maximum absolute atomic E-state index is 11.8. The first-order chi connectivity index (χ1) is 9.79. The summed E-state index contributed by atoms with van der Waals surface area (Å²) in [6.45, 7) is 2.87. The van der Waals surface area contributed by atoms with E-state index in [0.717, 1.165) is 43.7 Å². The Hall–Kier alpha value is -1.55. The van der Waals surface area contributed by atoms with Gasteiger partial charge in [-0.2, -0.15) is 0 Å². The minimum atomic E-state index is 0.299. The van der Waals surface area contributed by atoms with Gasteiger partial charge in [0, 0.05) is 26.1 Å². The van der Waals surface area contributed by atoms with Crippen molar-refractivity contribution < 1.29 is 9.53 Å². The number of nitrogens with two attached hydrogens (primary N) is 1. The molecule has 1 aromatic carbocycles. The average Bonchev–Trinajstić information content (AvgIpc) is 2.69. The van der Waals surface area contributed by atoms with Crippen LogP contribution in [-0.2, 0) is 11.3 Å². The van der Waals surface area contributed by atoms with E-state index in [1.165, 1.54) is 6.42 Å². The molecule has 4 nitrogen and oxygen atoms in total. The van der Waals surface area contributed by atoms with Gasteiger partial charge in [-0.1, -0.05) is 18.6 Å². The maximum Gasteiger partial charge on any atom is 0.222 e. The fourth-order valence-electron chi connectivity index (χ4n) is 2.48. The Bertz CT molecular complexity index is 434. The van der Waals surface area contributed by atoms with Gasteiger partial charge in [0.15, 0.2) is 0 Å². The van der Waals surface area contributed by atoms with Gasteiger partial charge in [-0.15, -0.1) is 0 Å². The van der Waals surface area contributed by atoms with Crippen LogP contribution in [0, 0.1) is 0 Å². The van der Waals surface area contributed by atoms with Crippen molar-refractivity contribution in [2.45, 2.75) is 38.6 Å². The van der Waals surface area contributed by atoms with Crippen LogP contribution in [0.15, 0.2) is 24.3 Å². The van der Waals surface area contributed by atoms with Crippen LogP contribution in [0.1, 0.15) is 37.7 Å². The zero-order valence-electron chi connectivity index (χ0n) is 12.0. The highest BCUT2D eigenvalue weighted by atomic mass is 16.5. The van der Waals surface area contributed by atoms with E-state index in [9.17, 15) is 4.79 Å². The quantitative estimate of drug-likeness (QED) is 0.811. The summed E-state index contributed by atoms with van der Waals surface area (Å²) in [5, 5.41) is 0. The predicted octanol–water partition coefficient (Wildman–Crippen LogP) is 2.32. The lowest BCUT2D eigenvalue weighted by atomic mass is 10.2. The molecule has 1 aliphatic rings. The summed E-state index contributed by atoms with van der Waals surface area (Å²) in [6.07, 6.45) is 4.92. The van der Waals surface area contributed by atoms with E-state index >= 15 is 0 Å². The molecule has 0 aromatic heterocycles. The smallest absolute Gasteiger partial charge is 0.222 e. The van der Waals surface area contributed by atoms with Gasteiger partial charge in [-0.05, 0) is 37.0 Å². The number of hydrogen-bond donors (Lipinski definition) is 1.